The number of carbonyl (C=O) groups is 2. The number of amides is 2. The van der Waals surface area contributed by atoms with Gasteiger partial charge in [0.15, 0.2) is 34.9 Å². The number of H-pyrrole nitrogens is 2. The molecule has 22 heteroatoms. The van der Waals surface area contributed by atoms with Crippen LogP contribution in [0.2, 0.25) is 10.0 Å². The lowest BCUT2D eigenvalue weighted by Gasteiger charge is -2.35. The fourth-order valence-corrected chi connectivity index (χ4v) is 7.72. The number of fused-ring (bicyclic) bond motifs is 2. The molecular formula is C41H45Cl2F3N12O5. The van der Waals surface area contributed by atoms with Crippen molar-refractivity contribution in [2.45, 2.75) is 50.6 Å². The summed E-state index contributed by atoms with van der Waals surface area (Å²) in [4.78, 5) is 59.3. The molecule has 2 atom stereocenters. The Bertz CT molecular complexity index is 2510. The van der Waals surface area contributed by atoms with Gasteiger partial charge in [-0.1, -0.05) is 23.2 Å². The molecule has 0 radical (unpaired) electrons. The number of pyridine rings is 2. The molecule has 2 fully saturated rings. The summed E-state index contributed by atoms with van der Waals surface area (Å²) in [6.07, 6.45) is 12.9. The molecule has 63 heavy (non-hydrogen) atoms. The number of likely N-dealkylation sites (tertiary alicyclic amines) is 2. The van der Waals surface area contributed by atoms with Gasteiger partial charge in [0.1, 0.15) is 31.2 Å². The van der Waals surface area contributed by atoms with E-state index in [0.717, 1.165) is 61.7 Å². The highest BCUT2D eigenvalue weighted by atomic mass is 35.5. The van der Waals surface area contributed by atoms with Crippen LogP contribution in [0.25, 0.3) is 44.8 Å². The van der Waals surface area contributed by atoms with Crippen molar-refractivity contribution < 1.29 is 37.0 Å². The summed E-state index contributed by atoms with van der Waals surface area (Å²) in [6, 6.07) is 3.14. The van der Waals surface area contributed by atoms with Gasteiger partial charge < -0.3 is 44.6 Å². The molecular weight excluding hydrogens is 868 g/mol. The van der Waals surface area contributed by atoms with Crippen LogP contribution in [0.5, 0.6) is 0 Å². The van der Waals surface area contributed by atoms with Gasteiger partial charge in [0.2, 0.25) is 0 Å². The lowest BCUT2D eigenvalue weighted by Crippen LogP contribution is -2.47. The van der Waals surface area contributed by atoms with Gasteiger partial charge in [-0.05, 0) is 50.7 Å². The van der Waals surface area contributed by atoms with Gasteiger partial charge in [-0.3, -0.25) is 0 Å². The van der Waals surface area contributed by atoms with Crippen LogP contribution >= 0.6 is 23.2 Å². The first kappa shape index (κ1) is 45.0. The molecule has 2 aliphatic rings. The Hall–Kier alpha value is -5.99. The van der Waals surface area contributed by atoms with Gasteiger partial charge >= 0.3 is 12.2 Å². The second-order valence-corrected chi connectivity index (χ2v) is 15.5. The Morgan fingerprint density at radius 1 is 0.714 bits per heavy atom. The van der Waals surface area contributed by atoms with Crippen LogP contribution in [0.3, 0.4) is 0 Å². The Kier molecular flexibility index (Phi) is 15.3. The van der Waals surface area contributed by atoms with Crippen LogP contribution in [-0.4, -0.2) is 134 Å². The molecule has 2 aliphatic heterocycles. The topological polar surface area (TPSA) is 201 Å². The van der Waals surface area contributed by atoms with Crippen molar-refractivity contribution >= 4 is 69.1 Å². The summed E-state index contributed by atoms with van der Waals surface area (Å²) < 4.78 is 56.3. The summed E-state index contributed by atoms with van der Waals surface area (Å²) in [5, 5.41) is 8.44. The van der Waals surface area contributed by atoms with E-state index in [9.17, 15) is 22.8 Å². The number of nitrogens with zero attached hydrogens (tertiary/aromatic N) is 8. The van der Waals surface area contributed by atoms with E-state index in [0.29, 0.717) is 70.4 Å². The number of anilines is 2. The first-order chi connectivity index (χ1) is 30.6. The van der Waals surface area contributed by atoms with E-state index in [-0.39, 0.29) is 49.6 Å². The van der Waals surface area contributed by atoms with Crippen molar-refractivity contribution in [2.75, 3.05) is 70.4 Å². The van der Waals surface area contributed by atoms with Crippen LogP contribution in [0, 0.1) is 11.6 Å². The maximum Gasteiger partial charge on any atom is 0.410 e. The molecule has 0 aliphatic carbocycles. The minimum Gasteiger partial charge on any atom is -0.447 e. The standard InChI is InChI=1S/C21H24ClFN6O3.C20H21ClF2N6O2/c1-31-6-7-32-21(30)29-5-3-2-4-14(29)10-25-20-17(23)12-27-19(28-20)16-11-26-18-15(16)8-13(22)9-24-18;21-12-7-14-15(10-26-17(14)24-8-12)18-27-11-16(23)19(28-18)25-9-13-3-1-2-5-29(13)20(30)31-6-4-22/h8-9,11-12,14H,2-7,10H2,1H3,(H,24,26)(H,25,27,28);7-8,10-11,13H,1-6,9H2,(H,24,26)(H,25,27,28). The molecule has 17 nitrogen and oxygen atoms in total. The van der Waals surface area contributed by atoms with E-state index in [1.807, 2.05) is 0 Å². The number of methoxy groups -OCH3 is 1. The van der Waals surface area contributed by atoms with Crippen LogP contribution in [-0.2, 0) is 14.2 Å². The maximum atomic E-state index is 14.5. The summed E-state index contributed by atoms with van der Waals surface area (Å²) in [5.74, 6) is -0.447. The molecule has 8 heterocycles. The van der Waals surface area contributed by atoms with E-state index in [4.69, 9.17) is 37.4 Å². The quantitative estimate of drug-likeness (QED) is 0.0812. The highest BCUT2D eigenvalue weighted by Gasteiger charge is 2.30. The van der Waals surface area contributed by atoms with E-state index < -0.39 is 24.4 Å². The van der Waals surface area contributed by atoms with Crippen LogP contribution in [0.1, 0.15) is 38.5 Å². The molecule has 2 amide bonds. The SMILES string of the molecule is COCCOC(=O)N1CCCCC1CNc1nc(-c2c[nH]c3ncc(Cl)cc23)ncc1F.O=C(OCCF)N1CCCCC1CNc1nc(-c2c[nH]c3ncc(Cl)cc23)ncc1F. The average molecular weight is 914 g/mol. The number of alkyl halides is 1. The van der Waals surface area contributed by atoms with Gasteiger partial charge in [-0.25, -0.2) is 52.7 Å². The lowest BCUT2D eigenvalue weighted by atomic mass is 10.0. The molecule has 0 saturated carbocycles. The van der Waals surface area contributed by atoms with E-state index >= 15 is 0 Å². The number of carbonyl (C=O) groups excluding carboxylic acids is 2. The maximum absolute atomic E-state index is 14.5. The van der Waals surface area contributed by atoms with Crippen LogP contribution in [0.4, 0.5) is 34.4 Å². The molecule has 8 rings (SSSR count). The Balaban J connectivity index is 0.000000189. The second-order valence-electron chi connectivity index (χ2n) is 14.6. The zero-order valence-corrected chi connectivity index (χ0v) is 35.7. The first-order valence-electron chi connectivity index (χ1n) is 20.3. The molecule has 4 N–H and O–H groups in total. The van der Waals surface area contributed by atoms with Crippen LogP contribution in [0.15, 0.2) is 49.3 Å². The predicted octanol–water partition coefficient (Wildman–Crippen LogP) is 8.05. The zero-order chi connectivity index (χ0) is 44.3. The van der Waals surface area contributed by atoms with E-state index in [2.05, 4.69) is 50.5 Å². The third-order valence-electron chi connectivity index (χ3n) is 10.5. The molecule has 6 aromatic heterocycles. The number of hydrogen-bond acceptors (Lipinski definition) is 13. The average Bonchev–Trinajstić information content (AvgIpc) is 3.92. The largest absolute Gasteiger partial charge is 0.447 e. The number of halogens is 5. The molecule has 2 saturated heterocycles. The molecule has 2 unspecified atom stereocenters. The highest BCUT2D eigenvalue weighted by molar-refractivity contribution is 6.31. The number of aromatic nitrogens is 8. The number of nitrogens with one attached hydrogen (secondary N) is 4. The second kappa shape index (κ2) is 21.4. The van der Waals surface area contributed by atoms with E-state index in [1.165, 1.54) is 6.20 Å². The Labute approximate surface area is 369 Å². The summed E-state index contributed by atoms with van der Waals surface area (Å²) in [5.41, 5.74) is 2.56. The van der Waals surface area contributed by atoms with Gasteiger partial charge in [0, 0.05) is 80.0 Å². The molecule has 0 aromatic carbocycles. The zero-order valence-electron chi connectivity index (χ0n) is 34.2. The van der Waals surface area contributed by atoms with E-state index in [1.54, 1.807) is 47.6 Å². The van der Waals surface area contributed by atoms with Crippen molar-refractivity contribution in [1.82, 2.24) is 49.7 Å². The van der Waals surface area contributed by atoms with Crippen molar-refractivity contribution in [3.05, 3.63) is 71.0 Å². The molecule has 334 valence electrons. The molecule has 0 spiro atoms. The fraction of sp³-hybridized carbons (Fsp3) is 0.415. The number of ether oxygens (including phenoxy) is 3. The Morgan fingerprint density at radius 2 is 1.19 bits per heavy atom. The van der Waals surface area contributed by atoms with Gasteiger partial charge in [0.05, 0.1) is 41.1 Å². The summed E-state index contributed by atoms with van der Waals surface area (Å²) >= 11 is 12.1. The first-order valence-corrected chi connectivity index (χ1v) is 21.1. The van der Waals surface area contributed by atoms with Crippen molar-refractivity contribution in [1.29, 1.82) is 0 Å². The van der Waals surface area contributed by atoms with Crippen LogP contribution < -0.4 is 10.6 Å². The number of piperidine rings is 2. The minimum atomic E-state index is -0.730. The van der Waals surface area contributed by atoms with Gasteiger partial charge in [0.25, 0.3) is 0 Å². The monoisotopic (exact) mass is 912 g/mol. The molecule has 0 bridgehead atoms. The van der Waals surface area contributed by atoms with Gasteiger partial charge in [-0.2, -0.15) is 0 Å². The number of rotatable bonds is 13. The van der Waals surface area contributed by atoms with Crippen molar-refractivity contribution in [3.63, 3.8) is 0 Å². The lowest BCUT2D eigenvalue weighted by molar-refractivity contribution is 0.0544. The number of hydrogen-bond donors (Lipinski definition) is 4. The van der Waals surface area contributed by atoms with Gasteiger partial charge in [-0.15, -0.1) is 0 Å². The highest BCUT2D eigenvalue weighted by Crippen LogP contribution is 2.30. The summed E-state index contributed by atoms with van der Waals surface area (Å²) in [7, 11) is 1.55. The third kappa shape index (κ3) is 11.2. The smallest absolute Gasteiger partial charge is 0.410 e. The summed E-state index contributed by atoms with van der Waals surface area (Å²) in [6.45, 7) is 1.25. The van der Waals surface area contributed by atoms with Crippen molar-refractivity contribution in [3.8, 4) is 22.8 Å². The number of aromatic amines is 2. The van der Waals surface area contributed by atoms with Crippen molar-refractivity contribution in [2.24, 2.45) is 0 Å². The normalized spacial score (nSPS) is 16.4. The molecule has 6 aromatic rings. The predicted molar refractivity (Wildman–Crippen MR) is 230 cm³/mol. The minimum absolute atomic E-state index is 0.0250. The third-order valence-corrected chi connectivity index (χ3v) is 10.9. The Morgan fingerprint density at radius 3 is 1.65 bits per heavy atom. The fourth-order valence-electron chi connectivity index (χ4n) is 7.41.